The lowest BCUT2D eigenvalue weighted by Gasteiger charge is -2.20. The first-order chi connectivity index (χ1) is 11.1. The topological polar surface area (TPSA) is 46.6 Å². The Morgan fingerprint density at radius 2 is 1.79 bits per heavy atom. The number of benzene rings is 1. The van der Waals surface area contributed by atoms with Gasteiger partial charge in [-0.25, -0.2) is 0 Å². The smallest absolute Gasteiger partial charge is 0.306 e. The number of rotatable bonds is 7. The Bertz CT molecular complexity index is 556. The van der Waals surface area contributed by atoms with E-state index in [1.165, 1.54) is 29.2 Å². The van der Waals surface area contributed by atoms with E-state index in [0.717, 1.165) is 0 Å². The van der Waals surface area contributed by atoms with E-state index in [0.29, 0.717) is 35.2 Å². The highest BCUT2D eigenvalue weighted by Crippen LogP contribution is 2.25. The molecule has 0 aromatic heterocycles. The number of thioether (sulfide) groups is 1. The van der Waals surface area contributed by atoms with Gasteiger partial charge in [-0.1, -0.05) is 11.8 Å². The molecule has 0 unspecified atom stereocenters. The molecule has 134 valence electrons. The first-order valence-electron chi connectivity index (χ1n) is 7.60. The Balaban J connectivity index is 2.46. The summed E-state index contributed by atoms with van der Waals surface area (Å²) in [5.41, 5.74) is -0.0926. The summed E-state index contributed by atoms with van der Waals surface area (Å²) in [5.74, 6) is -2.99. The molecule has 1 amide bonds. The average molecular weight is 359 g/mol. The van der Waals surface area contributed by atoms with Crippen LogP contribution in [0.25, 0.3) is 0 Å². The van der Waals surface area contributed by atoms with Crippen molar-refractivity contribution in [2.24, 2.45) is 0 Å². The standard InChI is InChI=1S/C17H23F2NO3S/c1-17(2,3)23-14(21)6-5-11-20(4)15(22)12-7-9-13(10-8-12)24-16(18)19/h7-10,16H,5-6,11H2,1-4H3. The lowest BCUT2D eigenvalue weighted by molar-refractivity contribution is -0.154. The molecule has 1 rings (SSSR count). The van der Waals surface area contributed by atoms with Gasteiger partial charge in [-0.15, -0.1) is 0 Å². The van der Waals surface area contributed by atoms with Crippen molar-refractivity contribution in [3.8, 4) is 0 Å². The molecule has 1 aromatic rings. The molecule has 7 heteroatoms. The fourth-order valence-corrected chi connectivity index (χ4v) is 2.45. The van der Waals surface area contributed by atoms with Crippen LogP contribution in [0.3, 0.4) is 0 Å². The van der Waals surface area contributed by atoms with Gasteiger partial charge in [0.1, 0.15) is 5.60 Å². The summed E-state index contributed by atoms with van der Waals surface area (Å²) in [5, 5.41) is 0. The Morgan fingerprint density at radius 3 is 2.29 bits per heavy atom. The highest BCUT2D eigenvalue weighted by molar-refractivity contribution is 7.99. The van der Waals surface area contributed by atoms with Crippen molar-refractivity contribution in [1.29, 1.82) is 0 Å². The van der Waals surface area contributed by atoms with E-state index >= 15 is 0 Å². The largest absolute Gasteiger partial charge is 0.460 e. The number of amides is 1. The van der Waals surface area contributed by atoms with Crippen molar-refractivity contribution < 1.29 is 23.1 Å². The minimum Gasteiger partial charge on any atom is -0.460 e. The first kappa shape index (κ1) is 20.4. The molecule has 0 bridgehead atoms. The van der Waals surface area contributed by atoms with E-state index in [4.69, 9.17) is 4.74 Å². The van der Waals surface area contributed by atoms with Crippen molar-refractivity contribution in [3.63, 3.8) is 0 Å². The minimum absolute atomic E-state index is 0.215. The number of hydrogen-bond donors (Lipinski definition) is 0. The summed E-state index contributed by atoms with van der Waals surface area (Å²) in [6.45, 7) is 5.81. The fraction of sp³-hybridized carbons (Fsp3) is 0.529. The highest BCUT2D eigenvalue weighted by Gasteiger charge is 2.17. The molecular formula is C17H23F2NO3S. The predicted octanol–water partition coefficient (Wildman–Crippen LogP) is 4.20. The number of carbonyl (C=O) groups excluding carboxylic acids is 2. The number of halogens is 2. The summed E-state index contributed by atoms with van der Waals surface area (Å²) in [4.78, 5) is 25.8. The van der Waals surface area contributed by atoms with Crippen LogP contribution in [0.4, 0.5) is 8.78 Å². The number of ether oxygens (including phenoxy) is 1. The normalized spacial score (nSPS) is 11.5. The third-order valence-corrected chi connectivity index (χ3v) is 3.69. The predicted molar refractivity (Wildman–Crippen MR) is 90.3 cm³/mol. The molecule has 0 saturated heterocycles. The molecule has 0 aliphatic rings. The second kappa shape index (κ2) is 9.01. The van der Waals surface area contributed by atoms with Gasteiger partial charge in [-0.2, -0.15) is 8.78 Å². The first-order valence-corrected chi connectivity index (χ1v) is 8.48. The van der Waals surface area contributed by atoms with Gasteiger partial charge in [-0.3, -0.25) is 9.59 Å². The Hall–Kier alpha value is -1.63. The van der Waals surface area contributed by atoms with Crippen LogP contribution in [0.15, 0.2) is 29.2 Å². The molecule has 1 aromatic carbocycles. The van der Waals surface area contributed by atoms with Crippen LogP contribution < -0.4 is 0 Å². The molecule has 0 aliphatic carbocycles. The molecule has 0 aliphatic heterocycles. The van der Waals surface area contributed by atoms with Crippen LogP contribution in [0, 0.1) is 0 Å². The van der Waals surface area contributed by atoms with E-state index < -0.39 is 11.4 Å². The number of alkyl halides is 2. The van der Waals surface area contributed by atoms with E-state index in [1.807, 2.05) is 0 Å². The second-order valence-corrected chi connectivity index (χ2v) is 7.38. The molecule has 0 radical (unpaired) electrons. The quantitative estimate of drug-likeness (QED) is 0.541. The van der Waals surface area contributed by atoms with Crippen molar-refractivity contribution >= 4 is 23.6 Å². The van der Waals surface area contributed by atoms with Crippen LogP contribution in [0.5, 0.6) is 0 Å². The van der Waals surface area contributed by atoms with Crippen LogP contribution in [-0.4, -0.2) is 41.7 Å². The highest BCUT2D eigenvalue weighted by atomic mass is 32.2. The summed E-state index contributed by atoms with van der Waals surface area (Å²) in [7, 11) is 1.64. The van der Waals surface area contributed by atoms with E-state index in [-0.39, 0.29) is 18.3 Å². The Labute approximate surface area is 145 Å². The van der Waals surface area contributed by atoms with E-state index in [1.54, 1.807) is 27.8 Å². The van der Waals surface area contributed by atoms with Gasteiger partial charge in [0.05, 0.1) is 0 Å². The average Bonchev–Trinajstić information content (AvgIpc) is 2.44. The van der Waals surface area contributed by atoms with Gasteiger partial charge in [0.15, 0.2) is 0 Å². The summed E-state index contributed by atoms with van der Waals surface area (Å²) < 4.78 is 29.7. The zero-order valence-corrected chi connectivity index (χ0v) is 15.2. The maximum absolute atomic E-state index is 12.3. The molecular weight excluding hydrogens is 336 g/mol. The van der Waals surface area contributed by atoms with Gasteiger partial charge in [0.25, 0.3) is 11.7 Å². The number of hydrogen-bond acceptors (Lipinski definition) is 4. The molecule has 0 atom stereocenters. The summed E-state index contributed by atoms with van der Waals surface area (Å²) in [6.07, 6.45) is 0.731. The molecule has 4 nitrogen and oxygen atoms in total. The molecule has 24 heavy (non-hydrogen) atoms. The SMILES string of the molecule is CN(CCCC(=O)OC(C)(C)C)C(=O)c1ccc(SC(F)F)cc1. The second-order valence-electron chi connectivity index (χ2n) is 6.32. The van der Waals surface area contributed by atoms with Crippen molar-refractivity contribution in [2.45, 2.75) is 49.9 Å². The number of esters is 1. The molecule has 0 spiro atoms. The van der Waals surface area contributed by atoms with Gasteiger partial charge in [0, 0.05) is 30.5 Å². The molecule has 0 fully saturated rings. The lowest BCUT2D eigenvalue weighted by Crippen LogP contribution is -2.29. The minimum atomic E-state index is -2.48. The van der Waals surface area contributed by atoms with Crippen molar-refractivity contribution in [1.82, 2.24) is 4.90 Å². The Kier molecular flexibility index (Phi) is 7.66. The number of nitrogens with zero attached hydrogens (tertiary/aromatic N) is 1. The Morgan fingerprint density at radius 1 is 1.21 bits per heavy atom. The number of carbonyl (C=O) groups is 2. The summed E-state index contributed by atoms with van der Waals surface area (Å²) in [6, 6.07) is 6.05. The third kappa shape index (κ3) is 7.77. The van der Waals surface area contributed by atoms with E-state index in [9.17, 15) is 18.4 Å². The van der Waals surface area contributed by atoms with Gasteiger partial charge >= 0.3 is 5.97 Å². The van der Waals surface area contributed by atoms with Crippen LogP contribution in [0.2, 0.25) is 0 Å². The van der Waals surface area contributed by atoms with Crippen molar-refractivity contribution in [2.75, 3.05) is 13.6 Å². The van der Waals surface area contributed by atoms with E-state index in [2.05, 4.69) is 0 Å². The van der Waals surface area contributed by atoms with Gasteiger partial charge < -0.3 is 9.64 Å². The monoisotopic (exact) mass is 359 g/mol. The van der Waals surface area contributed by atoms with Gasteiger partial charge in [0.2, 0.25) is 0 Å². The molecule has 0 N–H and O–H groups in total. The van der Waals surface area contributed by atoms with Gasteiger partial charge in [-0.05, 0) is 51.5 Å². The van der Waals surface area contributed by atoms with Crippen LogP contribution >= 0.6 is 11.8 Å². The maximum atomic E-state index is 12.3. The fourth-order valence-electron chi connectivity index (χ4n) is 1.95. The van der Waals surface area contributed by atoms with Crippen molar-refractivity contribution in [3.05, 3.63) is 29.8 Å². The lowest BCUT2D eigenvalue weighted by atomic mass is 10.2. The van der Waals surface area contributed by atoms with Crippen LogP contribution in [-0.2, 0) is 9.53 Å². The van der Waals surface area contributed by atoms with Crippen LogP contribution in [0.1, 0.15) is 44.0 Å². The zero-order chi connectivity index (χ0) is 18.3. The summed E-state index contributed by atoms with van der Waals surface area (Å²) >= 11 is 0.439. The molecule has 0 heterocycles. The third-order valence-electron chi connectivity index (χ3n) is 2.97. The maximum Gasteiger partial charge on any atom is 0.306 e. The zero-order valence-electron chi connectivity index (χ0n) is 14.3. The molecule has 0 saturated carbocycles.